The van der Waals surface area contributed by atoms with Gasteiger partial charge in [0, 0.05) is 10.9 Å². The molecule has 2 aromatic rings. The number of benzene rings is 1. The number of hydrogen-bond donors (Lipinski definition) is 1. The lowest BCUT2D eigenvalue weighted by molar-refractivity contribution is -0.121. The van der Waals surface area contributed by atoms with Gasteiger partial charge in [-0.05, 0) is 43.4 Å². The van der Waals surface area contributed by atoms with Crippen molar-refractivity contribution in [1.29, 1.82) is 5.26 Å². The number of nitrogens with zero attached hydrogens (tertiary/aromatic N) is 2. The van der Waals surface area contributed by atoms with Gasteiger partial charge in [-0.15, -0.1) is 0 Å². The van der Waals surface area contributed by atoms with Gasteiger partial charge in [0.1, 0.15) is 5.82 Å². The van der Waals surface area contributed by atoms with Gasteiger partial charge in [-0.3, -0.25) is 9.59 Å². The van der Waals surface area contributed by atoms with Crippen molar-refractivity contribution in [3.63, 3.8) is 0 Å². The highest BCUT2D eigenvalue weighted by Crippen LogP contribution is 2.60. The summed E-state index contributed by atoms with van der Waals surface area (Å²) >= 11 is 5.97. The number of carbonyl (C=O) groups excluding carboxylic acids is 1. The first-order valence-electron chi connectivity index (χ1n) is 8.44. The zero-order chi connectivity index (χ0) is 19.2. The molecule has 1 saturated carbocycles. The molecule has 0 unspecified atom stereocenters. The average Bonchev–Trinajstić information content (AvgIpc) is 3.07. The van der Waals surface area contributed by atoms with E-state index in [-0.39, 0.29) is 34.4 Å². The molecule has 6 heteroatoms. The lowest BCUT2D eigenvalue weighted by Gasteiger charge is -2.09. The number of aromatic nitrogens is 2. The number of fused-ring (bicyclic) bond motifs is 1. The number of rotatable bonds is 4. The summed E-state index contributed by atoms with van der Waals surface area (Å²) < 4.78 is 0. The summed E-state index contributed by atoms with van der Waals surface area (Å²) in [5.41, 5.74) is 0.925. The molecule has 1 fully saturated rings. The molecule has 1 N–H and O–H groups in total. The second-order valence-corrected chi connectivity index (χ2v) is 8.08. The van der Waals surface area contributed by atoms with Crippen molar-refractivity contribution >= 4 is 28.3 Å². The lowest BCUT2D eigenvalue weighted by atomic mass is 9.96. The number of nitriles is 1. The molecule has 1 aromatic carbocycles. The number of allylic oxidation sites excluding steroid dienone is 2. The van der Waals surface area contributed by atoms with Crippen LogP contribution in [0.25, 0.3) is 10.9 Å². The Morgan fingerprint density at radius 1 is 1.42 bits per heavy atom. The third kappa shape index (κ3) is 3.06. The van der Waals surface area contributed by atoms with Crippen LogP contribution in [0.5, 0.6) is 0 Å². The highest BCUT2D eigenvalue weighted by molar-refractivity contribution is 6.31. The first kappa shape index (κ1) is 18.3. The molecule has 1 aliphatic rings. The number of carbonyl (C=O) groups is 1. The van der Waals surface area contributed by atoms with Crippen molar-refractivity contribution < 1.29 is 4.79 Å². The summed E-state index contributed by atoms with van der Waals surface area (Å²) in [4.78, 5) is 32.3. The van der Waals surface area contributed by atoms with Gasteiger partial charge in [0.2, 0.25) is 0 Å². The minimum Gasteiger partial charge on any atom is -0.308 e. The van der Waals surface area contributed by atoms with Crippen LogP contribution < -0.4 is 5.56 Å². The standard InChI is InChI=1S/C20H20ClN3O2/c1-10(2)7-14-16(20(14,3)4)17(25)13(9-22)18-23-15-8-11(21)5-6-12(15)19(26)24-18/h5-8,13-14,16H,1-4H3,(H,23,24,26)/t13-,14+,16-/m0/s1. The molecule has 0 radical (unpaired) electrons. The Hall–Kier alpha value is -2.45. The topological polar surface area (TPSA) is 86.6 Å². The number of aromatic amines is 1. The normalized spacial score (nSPS) is 21.7. The van der Waals surface area contributed by atoms with Gasteiger partial charge < -0.3 is 4.98 Å². The van der Waals surface area contributed by atoms with Gasteiger partial charge in [-0.25, -0.2) is 4.98 Å². The molecule has 134 valence electrons. The van der Waals surface area contributed by atoms with Crippen LogP contribution in [-0.2, 0) is 4.79 Å². The van der Waals surface area contributed by atoms with Crippen LogP contribution in [0.4, 0.5) is 0 Å². The first-order chi connectivity index (χ1) is 12.2. The minimum absolute atomic E-state index is 0.0796. The van der Waals surface area contributed by atoms with Crippen molar-refractivity contribution in [1.82, 2.24) is 9.97 Å². The van der Waals surface area contributed by atoms with Crippen LogP contribution >= 0.6 is 11.6 Å². The van der Waals surface area contributed by atoms with E-state index < -0.39 is 5.92 Å². The molecule has 3 atom stereocenters. The number of nitrogens with one attached hydrogen (secondary N) is 1. The van der Waals surface area contributed by atoms with Crippen LogP contribution in [0.3, 0.4) is 0 Å². The van der Waals surface area contributed by atoms with Gasteiger partial charge >= 0.3 is 0 Å². The van der Waals surface area contributed by atoms with Crippen LogP contribution in [-0.4, -0.2) is 15.8 Å². The van der Waals surface area contributed by atoms with Crippen LogP contribution in [0, 0.1) is 28.6 Å². The number of halogens is 1. The molecule has 1 heterocycles. The summed E-state index contributed by atoms with van der Waals surface area (Å²) in [6.45, 7) is 8.02. The second-order valence-electron chi connectivity index (χ2n) is 7.65. The fourth-order valence-electron chi connectivity index (χ4n) is 3.60. The van der Waals surface area contributed by atoms with Crippen molar-refractivity contribution in [2.75, 3.05) is 0 Å². The Labute approximate surface area is 156 Å². The van der Waals surface area contributed by atoms with Crippen molar-refractivity contribution in [3.8, 4) is 6.07 Å². The molecule has 1 aromatic heterocycles. The Morgan fingerprint density at radius 3 is 2.73 bits per heavy atom. The van der Waals surface area contributed by atoms with E-state index in [2.05, 4.69) is 16.0 Å². The largest absolute Gasteiger partial charge is 0.308 e. The van der Waals surface area contributed by atoms with E-state index in [0.717, 1.165) is 5.57 Å². The van der Waals surface area contributed by atoms with Gasteiger partial charge in [0.05, 0.1) is 17.0 Å². The molecule has 3 rings (SSSR count). The highest BCUT2D eigenvalue weighted by atomic mass is 35.5. The van der Waals surface area contributed by atoms with E-state index in [1.807, 2.05) is 33.8 Å². The van der Waals surface area contributed by atoms with E-state index in [1.54, 1.807) is 18.2 Å². The molecule has 1 aliphatic carbocycles. The fraction of sp³-hybridized carbons (Fsp3) is 0.400. The van der Waals surface area contributed by atoms with E-state index in [9.17, 15) is 14.9 Å². The third-order valence-electron chi connectivity index (χ3n) is 5.10. The predicted octanol–water partition coefficient (Wildman–Crippen LogP) is 3.99. The second kappa shape index (κ2) is 6.37. The number of hydrogen-bond acceptors (Lipinski definition) is 4. The maximum Gasteiger partial charge on any atom is 0.258 e. The van der Waals surface area contributed by atoms with Crippen molar-refractivity contribution in [2.24, 2.45) is 17.3 Å². The maximum absolute atomic E-state index is 13.0. The molecule has 26 heavy (non-hydrogen) atoms. The lowest BCUT2D eigenvalue weighted by Crippen LogP contribution is -2.22. The molecular formula is C20H20ClN3O2. The smallest absolute Gasteiger partial charge is 0.258 e. The van der Waals surface area contributed by atoms with Gasteiger partial charge in [0.15, 0.2) is 11.7 Å². The zero-order valence-corrected chi connectivity index (χ0v) is 15.9. The average molecular weight is 370 g/mol. The monoisotopic (exact) mass is 369 g/mol. The van der Waals surface area contributed by atoms with Crippen LogP contribution in [0.2, 0.25) is 5.02 Å². The third-order valence-corrected chi connectivity index (χ3v) is 5.34. The summed E-state index contributed by atoms with van der Waals surface area (Å²) in [7, 11) is 0. The Kier molecular flexibility index (Phi) is 4.49. The summed E-state index contributed by atoms with van der Waals surface area (Å²) in [5, 5.41) is 10.4. The molecule has 0 saturated heterocycles. The van der Waals surface area contributed by atoms with Crippen molar-refractivity contribution in [2.45, 2.75) is 33.6 Å². The molecular weight excluding hydrogens is 350 g/mol. The molecule has 5 nitrogen and oxygen atoms in total. The Morgan fingerprint density at radius 2 is 2.12 bits per heavy atom. The number of Topliss-reactive ketones (excluding diaryl/α,β-unsaturated/α-hetero) is 1. The van der Waals surface area contributed by atoms with Crippen LogP contribution in [0.1, 0.15) is 39.4 Å². The SMILES string of the molecule is CC(C)=C[C@@H]1[C@@H](C(=O)[C@H](C#N)c2nc3cc(Cl)ccc3c(=O)[nH]2)C1(C)C. The summed E-state index contributed by atoms with van der Waals surface area (Å²) in [5.74, 6) is -1.40. The molecule has 0 bridgehead atoms. The van der Waals surface area contributed by atoms with Crippen LogP contribution in [0.15, 0.2) is 34.6 Å². The van der Waals surface area contributed by atoms with E-state index in [0.29, 0.717) is 15.9 Å². The van der Waals surface area contributed by atoms with Gasteiger partial charge in [0.25, 0.3) is 5.56 Å². The number of H-pyrrole nitrogens is 1. The molecule has 0 amide bonds. The molecule has 0 spiro atoms. The first-order valence-corrected chi connectivity index (χ1v) is 8.82. The highest BCUT2D eigenvalue weighted by Gasteiger charge is 2.61. The fourth-order valence-corrected chi connectivity index (χ4v) is 3.76. The zero-order valence-electron chi connectivity index (χ0n) is 15.1. The molecule has 0 aliphatic heterocycles. The minimum atomic E-state index is -1.11. The summed E-state index contributed by atoms with van der Waals surface area (Å²) in [6, 6.07) is 6.75. The van der Waals surface area contributed by atoms with E-state index in [4.69, 9.17) is 11.6 Å². The predicted molar refractivity (Wildman–Crippen MR) is 101 cm³/mol. The van der Waals surface area contributed by atoms with Gasteiger partial charge in [-0.1, -0.05) is 37.1 Å². The quantitative estimate of drug-likeness (QED) is 0.825. The van der Waals surface area contributed by atoms with E-state index >= 15 is 0 Å². The van der Waals surface area contributed by atoms with E-state index in [1.165, 1.54) is 0 Å². The summed E-state index contributed by atoms with van der Waals surface area (Å²) in [6.07, 6.45) is 2.08. The maximum atomic E-state index is 13.0. The number of ketones is 1. The van der Waals surface area contributed by atoms with Crippen molar-refractivity contribution in [3.05, 3.63) is 51.0 Å². The van der Waals surface area contributed by atoms with Gasteiger partial charge in [-0.2, -0.15) is 5.26 Å². The Balaban J connectivity index is 2.01. The Bertz CT molecular complexity index is 1030.